The van der Waals surface area contributed by atoms with Crippen LogP contribution in [0.15, 0.2) is 18.2 Å². The smallest absolute Gasteiger partial charge is 0.276 e. The number of aromatic nitrogens is 1. The number of guanidine groups is 1. The van der Waals surface area contributed by atoms with Crippen LogP contribution >= 0.6 is 24.0 Å². The molecule has 2 rings (SSSR count). The quantitative estimate of drug-likeness (QED) is 0.552. The summed E-state index contributed by atoms with van der Waals surface area (Å²) in [7, 11) is 5.36. The number of benzene rings is 1. The van der Waals surface area contributed by atoms with Gasteiger partial charge in [0.15, 0.2) is 5.96 Å². The molecule has 1 amide bonds. The number of nitrogens with one attached hydrogen (secondary N) is 2. The second-order valence-electron chi connectivity index (χ2n) is 5.42. The highest BCUT2D eigenvalue weighted by Gasteiger charge is 2.19. The summed E-state index contributed by atoms with van der Waals surface area (Å²) in [4.78, 5) is 18.3. The van der Waals surface area contributed by atoms with E-state index >= 15 is 0 Å². The zero-order valence-electron chi connectivity index (χ0n) is 13.7. The molecule has 1 aromatic heterocycles. The van der Waals surface area contributed by atoms with Crippen molar-refractivity contribution >= 4 is 46.8 Å². The molecule has 2 aromatic rings. The fourth-order valence-electron chi connectivity index (χ4n) is 2.02. The minimum atomic E-state index is -0.413. The maximum atomic E-state index is 12.3. The van der Waals surface area contributed by atoms with E-state index in [2.05, 4.69) is 4.98 Å². The van der Waals surface area contributed by atoms with Gasteiger partial charge in [-0.25, -0.2) is 0 Å². The van der Waals surface area contributed by atoms with Gasteiger partial charge in [0.1, 0.15) is 18.1 Å². The van der Waals surface area contributed by atoms with Crippen molar-refractivity contribution in [2.45, 2.75) is 0 Å². The Balaban J connectivity index is 0.00000288. The number of halogens is 2. The van der Waals surface area contributed by atoms with Gasteiger partial charge >= 0.3 is 0 Å². The van der Waals surface area contributed by atoms with Crippen LogP contribution in [0.5, 0.6) is 5.75 Å². The average Bonchev–Trinajstić information content (AvgIpc) is 2.93. The molecule has 4 N–H and O–H groups in total. The minimum absolute atomic E-state index is 0. The molecular weight excluding hydrogens is 353 g/mol. The third kappa shape index (κ3) is 4.31. The Morgan fingerprint density at radius 3 is 2.62 bits per heavy atom. The SMILES string of the molecule is CN(C)CCOc1ccc(Cl)c2cc(C(=O)N(C)C(=N)N)[nH]c12.Cl. The molecule has 0 aliphatic carbocycles. The number of hydrogen-bond donors (Lipinski definition) is 3. The van der Waals surface area contributed by atoms with Crippen molar-refractivity contribution in [1.82, 2.24) is 14.8 Å². The second kappa shape index (κ2) is 8.23. The molecule has 0 radical (unpaired) electrons. The normalized spacial score (nSPS) is 10.5. The van der Waals surface area contributed by atoms with Crippen LogP contribution in [0.2, 0.25) is 5.02 Å². The molecule has 132 valence electrons. The lowest BCUT2D eigenvalue weighted by Crippen LogP contribution is -2.38. The number of nitrogens with two attached hydrogens (primary N) is 1. The highest BCUT2D eigenvalue weighted by Crippen LogP contribution is 2.32. The summed E-state index contributed by atoms with van der Waals surface area (Å²) in [5.41, 5.74) is 6.29. The van der Waals surface area contributed by atoms with Crippen LogP contribution in [0, 0.1) is 5.41 Å². The molecule has 0 bridgehead atoms. The summed E-state index contributed by atoms with van der Waals surface area (Å²) in [5, 5.41) is 8.55. The Labute approximate surface area is 151 Å². The van der Waals surface area contributed by atoms with Crippen LogP contribution in [-0.2, 0) is 0 Å². The number of aromatic amines is 1. The topological polar surface area (TPSA) is 98.4 Å². The maximum Gasteiger partial charge on any atom is 0.276 e. The van der Waals surface area contributed by atoms with E-state index in [1.165, 1.54) is 7.05 Å². The number of fused-ring (bicyclic) bond motifs is 1. The van der Waals surface area contributed by atoms with E-state index in [0.717, 1.165) is 11.4 Å². The molecule has 0 saturated heterocycles. The van der Waals surface area contributed by atoms with Gasteiger partial charge in [-0.05, 0) is 32.3 Å². The van der Waals surface area contributed by atoms with Crippen molar-refractivity contribution in [3.63, 3.8) is 0 Å². The third-order valence-electron chi connectivity index (χ3n) is 3.39. The predicted molar refractivity (Wildman–Crippen MR) is 98.6 cm³/mol. The molecule has 9 heteroatoms. The molecule has 0 spiro atoms. The van der Waals surface area contributed by atoms with Crippen molar-refractivity contribution in [3.05, 3.63) is 28.9 Å². The molecule has 0 fully saturated rings. The summed E-state index contributed by atoms with van der Waals surface area (Å²) in [5.74, 6) is -0.123. The second-order valence-corrected chi connectivity index (χ2v) is 5.83. The molecule has 1 aromatic carbocycles. The first-order chi connectivity index (χ1) is 10.8. The lowest BCUT2D eigenvalue weighted by molar-refractivity contribution is 0.0864. The maximum absolute atomic E-state index is 12.3. The molecule has 0 saturated carbocycles. The van der Waals surface area contributed by atoms with Gasteiger partial charge in [-0.3, -0.25) is 15.1 Å². The monoisotopic (exact) mass is 373 g/mol. The number of amides is 1. The van der Waals surface area contributed by atoms with Crippen molar-refractivity contribution in [2.24, 2.45) is 5.73 Å². The first-order valence-corrected chi connectivity index (χ1v) is 7.40. The van der Waals surface area contributed by atoms with Gasteiger partial charge in [-0.1, -0.05) is 11.6 Å². The standard InChI is InChI=1S/C15H20ClN5O2.ClH/c1-20(2)6-7-23-12-5-4-10(16)9-8-11(19-13(9)12)14(22)21(3)15(17)18;/h4-5,8,19H,6-7H2,1-3H3,(H3,17,18);1H. The van der Waals surface area contributed by atoms with Crippen molar-refractivity contribution in [1.29, 1.82) is 5.41 Å². The molecular formula is C15H21Cl2N5O2. The Bertz CT molecular complexity index is 745. The molecule has 0 unspecified atom stereocenters. The highest BCUT2D eigenvalue weighted by atomic mass is 35.5. The Morgan fingerprint density at radius 1 is 1.38 bits per heavy atom. The van der Waals surface area contributed by atoms with E-state index in [1.807, 2.05) is 19.0 Å². The van der Waals surface area contributed by atoms with E-state index in [9.17, 15) is 4.79 Å². The summed E-state index contributed by atoms with van der Waals surface area (Å²) < 4.78 is 5.76. The van der Waals surface area contributed by atoms with E-state index < -0.39 is 5.91 Å². The molecule has 7 nitrogen and oxygen atoms in total. The number of carbonyl (C=O) groups is 1. The first-order valence-electron chi connectivity index (χ1n) is 7.02. The van der Waals surface area contributed by atoms with Crippen molar-refractivity contribution in [2.75, 3.05) is 34.3 Å². The molecule has 24 heavy (non-hydrogen) atoms. The number of hydrogen-bond acceptors (Lipinski definition) is 4. The zero-order chi connectivity index (χ0) is 17.1. The third-order valence-corrected chi connectivity index (χ3v) is 3.72. The summed E-state index contributed by atoms with van der Waals surface area (Å²) >= 11 is 6.20. The molecule has 0 atom stereocenters. The van der Waals surface area contributed by atoms with Crippen LogP contribution < -0.4 is 10.5 Å². The lowest BCUT2D eigenvalue weighted by atomic mass is 10.2. The first kappa shape index (κ1) is 20.1. The number of likely N-dealkylation sites (N-methyl/N-ethyl adjacent to an activating group) is 1. The zero-order valence-corrected chi connectivity index (χ0v) is 15.3. The van der Waals surface area contributed by atoms with Gasteiger partial charge in [0.05, 0.1) is 10.5 Å². The molecule has 1 heterocycles. The van der Waals surface area contributed by atoms with Gasteiger partial charge in [-0.2, -0.15) is 0 Å². The lowest BCUT2D eigenvalue weighted by Gasteiger charge is -2.13. The number of ether oxygens (including phenoxy) is 1. The van der Waals surface area contributed by atoms with E-state index in [4.69, 9.17) is 27.5 Å². The van der Waals surface area contributed by atoms with E-state index in [-0.39, 0.29) is 18.4 Å². The number of carbonyl (C=O) groups excluding carboxylic acids is 1. The van der Waals surface area contributed by atoms with Gasteiger partial charge < -0.3 is 20.4 Å². The van der Waals surface area contributed by atoms with Crippen LogP contribution in [0.4, 0.5) is 0 Å². The average molecular weight is 374 g/mol. The highest BCUT2D eigenvalue weighted by molar-refractivity contribution is 6.35. The van der Waals surface area contributed by atoms with Gasteiger partial charge in [-0.15, -0.1) is 12.4 Å². The van der Waals surface area contributed by atoms with Crippen LogP contribution in [-0.4, -0.2) is 60.9 Å². The van der Waals surface area contributed by atoms with Gasteiger partial charge in [0, 0.05) is 19.0 Å². The van der Waals surface area contributed by atoms with E-state index in [0.29, 0.717) is 34.0 Å². The van der Waals surface area contributed by atoms with Crippen molar-refractivity contribution in [3.8, 4) is 5.75 Å². The fraction of sp³-hybridized carbons (Fsp3) is 0.333. The van der Waals surface area contributed by atoms with Crippen molar-refractivity contribution < 1.29 is 9.53 Å². The Kier molecular flexibility index (Phi) is 6.89. The number of rotatable bonds is 5. The number of nitrogens with zero attached hydrogens (tertiary/aromatic N) is 2. The Morgan fingerprint density at radius 2 is 2.04 bits per heavy atom. The van der Waals surface area contributed by atoms with Gasteiger partial charge in [0.25, 0.3) is 5.91 Å². The number of H-pyrrole nitrogens is 1. The molecule has 0 aliphatic rings. The summed E-state index contributed by atoms with van der Waals surface area (Å²) in [6.07, 6.45) is 0. The minimum Gasteiger partial charge on any atom is -0.490 e. The van der Waals surface area contributed by atoms with Gasteiger partial charge in [0.2, 0.25) is 0 Å². The molecule has 0 aliphatic heterocycles. The van der Waals surface area contributed by atoms with Crippen LogP contribution in [0.1, 0.15) is 10.5 Å². The van der Waals surface area contributed by atoms with E-state index in [1.54, 1.807) is 18.2 Å². The summed E-state index contributed by atoms with van der Waals surface area (Å²) in [6, 6.07) is 5.13. The fourth-order valence-corrected chi connectivity index (χ4v) is 2.24. The predicted octanol–water partition coefficient (Wildman–Crippen LogP) is 2.15. The largest absolute Gasteiger partial charge is 0.490 e. The van der Waals surface area contributed by atoms with Crippen LogP contribution in [0.3, 0.4) is 0 Å². The Hall–Kier alpha value is -1.96. The van der Waals surface area contributed by atoms with Crippen LogP contribution in [0.25, 0.3) is 10.9 Å². The summed E-state index contributed by atoms with van der Waals surface area (Å²) in [6.45, 7) is 1.28.